The van der Waals surface area contributed by atoms with Crippen LogP contribution in [0.15, 0.2) is 76.1 Å². The third-order valence-electron chi connectivity index (χ3n) is 3.99. The molecule has 0 fully saturated rings. The van der Waals surface area contributed by atoms with Gasteiger partial charge in [0.25, 0.3) is 15.9 Å². The van der Waals surface area contributed by atoms with Crippen LogP contribution in [0, 0.1) is 6.92 Å². The van der Waals surface area contributed by atoms with Crippen molar-refractivity contribution in [2.24, 2.45) is 0 Å². The average molecular weight is 480 g/mol. The zero-order chi connectivity index (χ0) is 20.3. The lowest BCUT2D eigenvalue weighted by molar-refractivity contribution is 0.102. The Bertz CT molecular complexity index is 1150. The zero-order valence-corrected chi connectivity index (χ0v) is 17.9. The number of para-hydroxylation sites is 2. The van der Waals surface area contributed by atoms with Gasteiger partial charge in [0.2, 0.25) is 0 Å². The number of nitrogens with one attached hydrogen (secondary N) is 2. The molecule has 3 rings (SSSR count). The number of hydrogen-bond acceptors (Lipinski definition) is 3. The van der Waals surface area contributed by atoms with Crippen LogP contribution in [-0.2, 0) is 10.0 Å². The van der Waals surface area contributed by atoms with Crippen LogP contribution in [0.4, 0.5) is 11.4 Å². The van der Waals surface area contributed by atoms with Crippen LogP contribution in [0.2, 0.25) is 5.02 Å². The van der Waals surface area contributed by atoms with Gasteiger partial charge in [-0.2, -0.15) is 0 Å². The summed E-state index contributed by atoms with van der Waals surface area (Å²) in [5.74, 6) is -0.448. The Kier molecular flexibility index (Phi) is 6.07. The van der Waals surface area contributed by atoms with Crippen molar-refractivity contribution in [1.29, 1.82) is 0 Å². The van der Waals surface area contributed by atoms with E-state index in [2.05, 4.69) is 26.0 Å². The molecule has 0 unspecified atom stereocenters. The predicted octanol–water partition coefficient (Wildman–Crippen LogP) is 5.46. The van der Waals surface area contributed by atoms with Gasteiger partial charge in [0.05, 0.1) is 16.4 Å². The van der Waals surface area contributed by atoms with E-state index in [1.54, 1.807) is 43.3 Å². The number of anilines is 2. The highest BCUT2D eigenvalue weighted by Gasteiger charge is 2.21. The van der Waals surface area contributed by atoms with E-state index in [4.69, 9.17) is 11.6 Å². The molecule has 8 heteroatoms. The smallest absolute Gasteiger partial charge is 0.263 e. The quantitative estimate of drug-likeness (QED) is 0.510. The van der Waals surface area contributed by atoms with Crippen molar-refractivity contribution in [1.82, 2.24) is 0 Å². The Morgan fingerprint density at radius 2 is 1.61 bits per heavy atom. The first-order chi connectivity index (χ1) is 13.3. The highest BCUT2D eigenvalue weighted by Crippen LogP contribution is 2.27. The number of aryl methyl sites for hydroxylation is 1. The average Bonchev–Trinajstić information content (AvgIpc) is 2.65. The summed E-state index contributed by atoms with van der Waals surface area (Å²) in [6.45, 7) is 1.79. The van der Waals surface area contributed by atoms with Gasteiger partial charge in [-0.15, -0.1) is 0 Å². The van der Waals surface area contributed by atoms with Crippen molar-refractivity contribution in [3.63, 3.8) is 0 Å². The topological polar surface area (TPSA) is 75.3 Å². The standard InChI is InChI=1S/C20H16BrClN2O3S/c1-13-6-2-4-8-17(13)24-28(26,27)19-12-14(10-11-16(19)22)20(25)23-18-9-5-3-7-15(18)21/h2-12,24H,1H3,(H,23,25). The zero-order valence-electron chi connectivity index (χ0n) is 14.7. The summed E-state index contributed by atoms with van der Waals surface area (Å²) in [7, 11) is -3.97. The maximum atomic E-state index is 12.8. The van der Waals surface area contributed by atoms with Gasteiger partial charge >= 0.3 is 0 Å². The number of carbonyl (C=O) groups excluding carboxylic acids is 1. The van der Waals surface area contributed by atoms with Gasteiger partial charge in [-0.3, -0.25) is 9.52 Å². The Morgan fingerprint density at radius 3 is 2.29 bits per heavy atom. The molecule has 0 atom stereocenters. The first-order valence-corrected chi connectivity index (χ1v) is 10.9. The summed E-state index contributed by atoms with van der Waals surface area (Å²) in [5, 5.41) is 2.77. The Hall–Kier alpha value is -2.35. The van der Waals surface area contributed by atoms with Gasteiger partial charge in [0.15, 0.2) is 0 Å². The molecule has 5 nitrogen and oxygen atoms in total. The van der Waals surface area contributed by atoms with Crippen LogP contribution in [0.5, 0.6) is 0 Å². The monoisotopic (exact) mass is 478 g/mol. The van der Waals surface area contributed by atoms with Gasteiger partial charge in [-0.25, -0.2) is 8.42 Å². The van der Waals surface area contributed by atoms with E-state index >= 15 is 0 Å². The van der Waals surface area contributed by atoms with Crippen LogP contribution < -0.4 is 10.0 Å². The second-order valence-corrected chi connectivity index (χ2v) is 8.91. The maximum Gasteiger partial charge on any atom is 0.263 e. The summed E-state index contributed by atoms with van der Waals surface area (Å²) in [4.78, 5) is 12.4. The van der Waals surface area contributed by atoms with Gasteiger partial charge in [-0.05, 0) is 64.8 Å². The number of halogens is 2. The highest BCUT2D eigenvalue weighted by molar-refractivity contribution is 9.10. The molecule has 0 spiro atoms. The van der Waals surface area contributed by atoms with E-state index in [0.717, 1.165) is 5.56 Å². The SMILES string of the molecule is Cc1ccccc1NS(=O)(=O)c1cc(C(=O)Nc2ccccc2Br)ccc1Cl. The molecule has 0 aliphatic carbocycles. The van der Waals surface area contributed by atoms with Crippen molar-refractivity contribution in [3.05, 3.63) is 87.4 Å². The minimum absolute atomic E-state index is 0.0264. The van der Waals surface area contributed by atoms with E-state index in [0.29, 0.717) is 15.8 Å². The fourth-order valence-corrected chi connectivity index (χ4v) is 4.54. The lowest BCUT2D eigenvalue weighted by atomic mass is 10.2. The molecule has 3 aromatic carbocycles. The molecule has 28 heavy (non-hydrogen) atoms. The van der Waals surface area contributed by atoms with Crippen molar-refractivity contribution < 1.29 is 13.2 Å². The van der Waals surface area contributed by atoms with Gasteiger partial charge in [-0.1, -0.05) is 41.9 Å². The lowest BCUT2D eigenvalue weighted by Crippen LogP contribution is -2.17. The molecule has 3 aromatic rings. The summed E-state index contributed by atoms with van der Waals surface area (Å²) in [5.41, 5.74) is 1.96. The van der Waals surface area contributed by atoms with E-state index < -0.39 is 15.9 Å². The lowest BCUT2D eigenvalue weighted by Gasteiger charge is -2.13. The number of carbonyl (C=O) groups is 1. The molecule has 0 bridgehead atoms. The summed E-state index contributed by atoms with van der Waals surface area (Å²) < 4.78 is 28.9. The largest absolute Gasteiger partial charge is 0.321 e. The van der Waals surface area contributed by atoms with Crippen molar-refractivity contribution >= 4 is 54.8 Å². The fraction of sp³-hybridized carbons (Fsp3) is 0.0500. The first kappa shape index (κ1) is 20.4. The Balaban J connectivity index is 1.92. The van der Waals surface area contributed by atoms with E-state index in [1.807, 2.05) is 12.1 Å². The summed E-state index contributed by atoms with van der Waals surface area (Å²) in [6, 6.07) is 18.2. The van der Waals surface area contributed by atoms with Gasteiger partial charge in [0, 0.05) is 10.0 Å². The molecular weight excluding hydrogens is 464 g/mol. The van der Waals surface area contributed by atoms with Crippen molar-refractivity contribution in [2.75, 3.05) is 10.0 Å². The number of hydrogen-bond donors (Lipinski definition) is 2. The Morgan fingerprint density at radius 1 is 0.964 bits per heavy atom. The molecule has 0 saturated heterocycles. The van der Waals surface area contributed by atoms with Crippen LogP contribution in [-0.4, -0.2) is 14.3 Å². The molecule has 0 heterocycles. The highest BCUT2D eigenvalue weighted by atomic mass is 79.9. The molecule has 0 radical (unpaired) electrons. The molecule has 1 amide bonds. The molecular formula is C20H16BrClN2O3S. The predicted molar refractivity (Wildman–Crippen MR) is 116 cm³/mol. The molecule has 0 aliphatic rings. The van der Waals surface area contributed by atoms with Crippen LogP contribution in [0.25, 0.3) is 0 Å². The minimum Gasteiger partial charge on any atom is -0.321 e. The first-order valence-electron chi connectivity index (χ1n) is 8.22. The third kappa shape index (κ3) is 4.55. The summed E-state index contributed by atoms with van der Waals surface area (Å²) in [6.07, 6.45) is 0. The second-order valence-electron chi connectivity index (χ2n) is 6.00. The summed E-state index contributed by atoms with van der Waals surface area (Å²) >= 11 is 9.48. The second kappa shape index (κ2) is 8.34. The normalized spacial score (nSPS) is 11.1. The van der Waals surface area contributed by atoms with Gasteiger partial charge in [0.1, 0.15) is 4.90 Å². The molecule has 144 valence electrons. The molecule has 2 N–H and O–H groups in total. The van der Waals surface area contributed by atoms with E-state index in [1.165, 1.54) is 18.2 Å². The molecule has 0 saturated carbocycles. The number of sulfonamides is 1. The van der Waals surface area contributed by atoms with Crippen molar-refractivity contribution in [3.8, 4) is 0 Å². The van der Waals surface area contributed by atoms with E-state index in [-0.39, 0.29) is 15.5 Å². The number of benzene rings is 3. The van der Waals surface area contributed by atoms with Gasteiger partial charge < -0.3 is 5.32 Å². The van der Waals surface area contributed by atoms with E-state index in [9.17, 15) is 13.2 Å². The van der Waals surface area contributed by atoms with Crippen LogP contribution in [0.1, 0.15) is 15.9 Å². The molecule has 0 aromatic heterocycles. The minimum atomic E-state index is -3.97. The van der Waals surface area contributed by atoms with Crippen LogP contribution in [0.3, 0.4) is 0 Å². The molecule has 0 aliphatic heterocycles. The van der Waals surface area contributed by atoms with Crippen LogP contribution >= 0.6 is 27.5 Å². The number of rotatable bonds is 5. The van der Waals surface area contributed by atoms with Crippen molar-refractivity contribution in [2.45, 2.75) is 11.8 Å². The number of amides is 1. The maximum absolute atomic E-state index is 12.8. The third-order valence-corrected chi connectivity index (χ3v) is 6.53. The fourth-order valence-electron chi connectivity index (χ4n) is 2.49. The Labute approximate surface area is 176 Å².